The zero-order valence-electron chi connectivity index (χ0n) is 17.5. The molecule has 0 saturated carbocycles. The number of nitrogens with one attached hydrogen (secondary N) is 1. The summed E-state index contributed by atoms with van der Waals surface area (Å²) >= 11 is 0. The van der Waals surface area contributed by atoms with Crippen molar-refractivity contribution in [2.75, 3.05) is 13.1 Å². The number of rotatable bonds is 6. The number of amides is 2. The van der Waals surface area contributed by atoms with E-state index < -0.39 is 5.91 Å². The van der Waals surface area contributed by atoms with Gasteiger partial charge in [-0.2, -0.15) is 0 Å². The number of nitrogens with zero attached hydrogens (tertiary/aromatic N) is 3. The minimum Gasteiger partial charge on any atom is -0.490 e. The van der Waals surface area contributed by atoms with Gasteiger partial charge < -0.3 is 25.1 Å². The summed E-state index contributed by atoms with van der Waals surface area (Å²) in [7, 11) is 0. The molecule has 1 atom stereocenters. The molecule has 0 unspecified atom stereocenters. The zero-order chi connectivity index (χ0) is 22.0. The van der Waals surface area contributed by atoms with E-state index in [2.05, 4.69) is 15.0 Å². The number of nitrogens with two attached hydrogens (primary N) is 1. The molecule has 3 N–H and O–H groups in total. The average molecular weight is 423 g/mol. The summed E-state index contributed by atoms with van der Waals surface area (Å²) in [4.78, 5) is 37.5. The van der Waals surface area contributed by atoms with Gasteiger partial charge in [-0.15, -0.1) is 0 Å². The maximum atomic E-state index is 12.6. The smallest absolute Gasteiger partial charge is 0.274 e. The number of likely N-dealkylation sites (tertiary alicyclic amines) is 1. The van der Waals surface area contributed by atoms with Crippen LogP contribution in [0.2, 0.25) is 0 Å². The van der Waals surface area contributed by atoms with Crippen LogP contribution in [0.3, 0.4) is 0 Å². The molecule has 1 saturated heterocycles. The lowest BCUT2D eigenvalue weighted by Gasteiger charge is -2.32. The third-order valence-electron chi connectivity index (χ3n) is 5.11. The van der Waals surface area contributed by atoms with Gasteiger partial charge in [0.15, 0.2) is 0 Å². The monoisotopic (exact) mass is 423 g/mol. The number of imidazole rings is 1. The van der Waals surface area contributed by atoms with Crippen LogP contribution in [0.25, 0.3) is 10.9 Å². The Morgan fingerprint density at radius 2 is 2.10 bits per heavy atom. The SMILES string of the molecule is CC(C)Oc1cc2c(O[C@@H]3CCCN(C(=O)c4c[nH]cn4)C3)ccnc2cc1C(N)=O. The predicted molar refractivity (Wildman–Crippen MR) is 114 cm³/mol. The number of benzene rings is 1. The number of piperidine rings is 1. The van der Waals surface area contributed by atoms with Gasteiger partial charge in [0.25, 0.3) is 11.8 Å². The molecule has 4 rings (SSSR count). The number of ether oxygens (including phenoxy) is 2. The van der Waals surface area contributed by atoms with Gasteiger partial charge in [-0.05, 0) is 44.9 Å². The second-order valence-corrected chi connectivity index (χ2v) is 7.79. The maximum absolute atomic E-state index is 12.6. The zero-order valence-corrected chi connectivity index (χ0v) is 17.5. The molecule has 1 aromatic carbocycles. The molecule has 9 nitrogen and oxygen atoms in total. The van der Waals surface area contributed by atoms with E-state index in [1.165, 1.54) is 6.33 Å². The summed E-state index contributed by atoms with van der Waals surface area (Å²) < 4.78 is 12.1. The van der Waals surface area contributed by atoms with Crippen LogP contribution < -0.4 is 15.2 Å². The third kappa shape index (κ3) is 4.45. The average Bonchev–Trinajstić information content (AvgIpc) is 3.28. The van der Waals surface area contributed by atoms with Crippen LogP contribution in [0.15, 0.2) is 36.9 Å². The predicted octanol–water partition coefficient (Wildman–Crippen LogP) is 2.53. The van der Waals surface area contributed by atoms with Crippen LogP contribution in [0.1, 0.15) is 47.5 Å². The second-order valence-electron chi connectivity index (χ2n) is 7.79. The molecular formula is C22H25N5O4. The second kappa shape index (κ2) is 8.63. The molecule has 0 spiro atoms. The summed E-state index contributed by atoms with van der Waals surface area (Å²) in [6, 6.07) is 5.14. The summed E-state index contributed by atoms with van der Waals surface area (Å²) in [6.45, 7) is 4.88. The fourth-order valence-corrected chi connectivity index (χ4v) is 3.73. The molecule has 0 aliphatic carbocycles. The molecule has 0 bridgehead atoms. The number of H-pyrrole nitrogens is 1. The van der Waals surface area contributed by atoms with Crippen molar-refractivity contribution in [2.24, 2.45) is 5.73 Å². The molecule has 1 aliphatic heterocycles. The van der Waals surface area contributed by atoms with Crippen LogP contribution in [0, 0.1) is 0 Å². The summed E-state index contributed by atoms with van der Waals surface area (Å²) in [6.07, 6.45) is 6.06. The van der Waals surface area contributed by atoms with Crippen molar-refractivity contribution in [3.63, 3.8) is 0 Å². The quantitative estimate of drug-likeness (QED) is 0.628. The Balaban J connectivity index is 1.60. The Morgan fingerprint density at radius 3 is 2.81 bits per heavy atom. The van der Waals surface area contributed by atoms with Crippen molar-refractivity contribution in [1.82, 2.24) is 19.9 Å². The van der Waals surface area contributed by atoms with E-state index in [9.17, 15) is 9.59 Å². The number of pyridine rings is 1. The molecular weight excluding hydrogens is 398 g/mol. The van der Waals surface area contributed by atoms with Gasteiger partial charge in [-0.3, -0.25) is 14.6 Å². The number of aromatic nitrogens is 3. The Kier molecular flexibility index (Phi) is 5.75. The highest BCUT2D eigenvalue weighted by atomic mass is 16.5. The first-order chi connectivity index (χ1) is 14.9. The molecule has 9 heteroatoms. The summed E-state index contributed by atoms with van der Waals surface area (Å²) in [5.74, 6) is 0.318. The van der Waals surface area contributed by atoms with E-state index in [1.54, 1.807) is 35.5 Å². The Hall–Kier alpha value is -3.62. The highest BCUT2D eigenvalue weighted by Gasteiger charge is 2.27. The van der Waals surface area contributed by atoms with Gasteiger partial charge in [0.1, 0.15) is 23.3 Å². The van der Waals surface area contributed by atoms with Crippen molar-refractivity contribution in [2.45, 2.75) is 38.9 Å². The van der Waals surface area contributed by atoms with Gasteiger partial charge in [0.2, 0.25) is 0 Å². The minimum atomic E-state index is -0.578. The third-order valence-corrected chi connectivity index (χ3v) is 5.11. The lowest BCUT2D eigenvalue weighted by Crippen LogP contribution is -2.44. The molecule has 31 heavy (non-hydrogen) atoms. The molecule has 2 aromatic heterocycles. The number of carbonyl (C=O) groups excluding carboxylic acids is 2. The molecule has 3 aromatic rings. The van der Waals surface area contributed by atoms with E-state index in [1.807, 2.05) is 13.8 Å². The van der Waals surface area contributed by atoms with Crippen molar-refractivity contribution in [3.05, 3.63) is 48.2 Å². The van der Waals surface area contributed by atoms with Crippen molar-refractivity contribution < 1.29 is 19.1 Å². The maximum Gasteiger partial charge on any atom is 0.274 e. The standard InChI is InChI=1S/C22H25N5O4/c1-13(2)30-20-9-15-17(8-16(20)21(23)28)25-6-5-19(15)31-14-4-3-7-27(11-14)22(29)18-10-24-12-26-18/h5-6,8-10,12-14H,3-4,7,11H2,1-2H3,(H2,23,28)(H,24,26)/t14-/m1/s1. The van der Waals surface area contributed by atoms with Gasteiger partial charge in [0, 0.05) is 24.3 Å². The van der Waals surface area contributed by atoms with Crippen LogP contribution >= 0.6 is 0 Å². The molecule has 0 radical (unpaired) electrons. The van der Waals surface area contributed by atoms with Gasteiger partial charge in [0.05, 0.1) is 30.1 Å². The highest BCUT2D eigenvalue weighted by Crippen LogP contribution is 2.33. The van der Waals surface area contributed by atoms with Crippen LogP contribution in [-0.2, 0) is 0 Å². The highest BCUT2D eigenvalue weighted by molar-refractivity contribution is 6.01. The Morgan fingerprint density at radius 1 is 1.26 bits per heavy atom. The van der Waals surface area contributed by atoms with E-state index in [-0.39, 0.29) is 23.7 Å². The number of aromatic amines is 1. The Labute approximate surface area is 179 Å². The minimum absolute atomic E-state index is 0.118. The first-order valence-corrected chi connectivity index (χ1v) is 10.3. The normalized spacial score (nSPS) is 16.5. The summed E-state index contributed by atoms with van der Waals surface area (Å²) in [5, 5.41) is 0.721. The summed E-state index contributed by atoms with van der Waals surface area (Å²) in [5.41, 5.74) is 6.79. The first kappa shape index (κ1) is 20.6. The molecule has 1 fully saturated rings. The number of carbonyl (C=O) groups is 2. The lowest BCUT2D eigenvalue weighted by atomic mass is 10.1. The van der Waals surface area contributed by atoms with Crippen molar-refractivity contribution in [3.8, 4) is 11.5 Å². The number of hydrogen-bond donors (Lipinski definition) is 2. The van der Waals surface area contributed by atoms with Crippen molar-refractivity contribution >= 4 is 22.7 Å². The Bertz CT molecular complexity index is 1100. The van der Waals surface area contributed by atoms with E-state index in [0.717, 1.165) is 18.2 Å². The number of hydrogen-bond acceptors (Lipinski definition) is 6. The van der Waals surface area contributed by atoms with Crippen LogP contribution in [0.5, 0.6) is 11.5 Å². The number of fused-ring (bicyclic) bond motifs is 1. The lowest BCUT2D eigenvalue weighted by molar-refractivity contribution is 0.0536. The van der Waals surface area contributed by atoms with Crippen LogP contribution in [-0.4, -0.2) is 57.0 Å². The fraction of sp³-hybridized carbons (Fsp3) is 0.364. The van der Waals surface area contributed by atoms with E-state index >= 15 is 0 Å². The largest absolute Gasteiger partial charge is 0.490 e. The van der Waals surface area contributed by atoms with Gasteiger partial charge in [-0.25, -0.2) is 4.98 Å². The number of primary amides is 1. The van der Waals surface area contributed by atoms with Gasteiger partial charge >= 0.3 is 0 Å². The topological polar surface area (TPSA) is 123 Å². The first-order valence-electron chi connectivity index (χ1n) is 10.3. The molecule has 2 amide bonds. The molecule has 162 valence electrons. The molecule has 3 heterocycles. The van der Waals surface area contributed by atoms with E-state index in [4.69, 9.17) is 15.2 Å². The molecule has 1 aliphatic rings. The van der Waals surface area contributed by atoms with Crippen LogP contribution in [0.4, 0.5) is 0 Å². The fourth-order valence-electron chi connectivity index (χ4n) is 3.73. The van der Waals surface area contributed by atoms with Crippen molar-refractivity contribution in [1.29, 1.82) is 0 Å². The van der Waals surface area contributed by atoms with E-state index in [0.29, 0.717) is 35.8 Å². The van der Waals surface area contributed by atoms with Gasteiger partial charge in [-0.1, -0.05) is 0 Å².